The van der Waals surface area contributed by atoms with Crippen LogP contribution in [0.3, 0.4) is 0 Å². The molecule has 37 heavy (non-hydrogen) atoms. The Bertz CT molecular complexity index is 1190. The molecule has 5 aliphatic carbocycles. The highest BCUT2D eigenvalue weighted by Gasteiger charge is 2.55. The van der Waals surface area contributed by atoms with Gasteiger partial charge in [0.1, 0.15) is 23.2 Å². The number of benzene rings is 1. The lowest BCUT2D eigenvalue weighted by Gasteiger charge is -2.61. The van der Waals surface area contributed by atoms with Crippen LogP contribution in [0.25, 0.3) is 0 Å². The maximum Gasteiger partial charge on any atom is 0.224 e. The number of hydrogen-bond acceptors (Lipinski definition) is 7. The number of nitriles is 1. The lowest BCUT2D eigenvalue weighted by Crippen LogP contribution is -2.61. The van der Waals surface area contributed by atoms with Crippen LogP contribution < -0.4 is 16.0 Å². The Balaban J connectivity index is 1.11. The lowest BCUT2D eigenvalue weighted by atomic mass is 9.47. The molecule has 0 spiro atoms. The van der Waals surface area contributed by atoms with E-state index in [0.29, 0.717) is 58.6 Å². The van der Waals surface area contributed by atoms with Gasteiger partial charge in [0.25, 0.3) is 0 Å². The van der Waals surface area contributed by atoms with E-state index < -0.39 is 0 Å². The van der Waals surface area contributed by atoms with Gasteiger partial charge in [0.05, 0.1) is 6.20 Å². The second kappa shape index (κ2) is 10.2. The Morgan fingerprint density at radius 3 is 2.57 bits per heavy atom. The minimum atomic E-state index is 0.264. The normalized spacial score (nSPS) is 30.8. The maximum absolute atomic E-state index is 11.7. The molecule has 7 rings (SSSR count). The molecule has 0 saturated heterocycles. The molecule has 5 aliphatic rings. The number of anilines is 2. The average molecular weight is 519 g/mol. The lowest BCUT2D eigenvalue weighted by molar-refractivity contribution is -0.121. The zero-order valence-corrected chi connectivity index (χ0v) is 21.9. The number of carbonyl (C=O) groups excluding carboxylic acids is 1. The second-order valence-electron chi connectivity index (χ2n) is 11.8. The van der Waals surface area contributed by atoms with Crippen molar-refractivity contribution in [2.45, 2.75) is 76.4 Å². The SMILES string of the molecule is N#Cc1cnc(NCc2ccccc2Cl)nc1NCC12CC3C[C@H](C1)[C@H](NC1CCC(=O)CC1)[C@@H](C3)C2. The van der Waals surface area contributed by atoms with Gasteiger partial charge >= 0.3 is 0 Å². The molecule has 2 aromatic rings. The van der Waals surface area contributed by atoms with Gasteiger partial charge in [-0.05, 0) is 79.7 Å². The summed E-state index contributed by atoms with van der Waals surface area (Å²) in [6, 6.07) is 11.1. The molecule has 1 aromatic heterocycles. The fourth-order valence-corrected chi connectivity index (χ4v) is 8.03. The molecule has 0 amide bonds. The van der Waals surface area contributed by atoms with Crippen LogP contribution in [-0.4, -0.2) is 34.4 Å². The van der Waals surface area contributed by atoms with E-state index in [9.17, 15) is 10.1 Å². The molecule has 7 nitrogen and oxygen atoms in total. The quantitative estimate of drug-likeness (QED) is 0.434. The van der Waals surface area contributed by atoms with Gasteiger partial charge in [-0.25, -0.2) is 4.98 Å². The van der Waals surface area contributed by atoms with Crippen molar-refractivity contribution in [3.63, 3.8) is 0 Å². The molecule has 0 radical (unpaired) electrons. The van der Waals surface area contributed by atoms with Crippen LogP contribution in [-0.2, 0) is 11.3 Å². The van der Waals surface area contributed by atoms with E-state index in [4.69, 9.17) is 11.6 Å². The Morgan fingerprint density at radius 2 is 1.84 bits per heavy atom. The Morgan fingerprint density at radius 1 is 1.08 bits per heavy atom. The number of nitrogens with zero attached hydrogens (tertiary/aromatic N) is 3. The number of carbonyl (C=O) groups is 1. The van der Waals surface area contributed by atoms with Gasteiger partial charge in [-0.15, -0.1) is 0 Å². The summed E-state index contributed by atoms with van der Waals surface area (Å²) in [5.74, 6) is 3.74. The first-order valence-corrected chi connectivity index (χ1v) is 14.1. The van der Waals surface area contributed by atoms with Gasteiger partial charge < -0.3 is 16.0 Å². The van der Waals surface area contributed by atoms with Crippen molar-refractivity contribution in [3.05, 3.63) is 46.6 Å². The van der Waals surface area contributed by atoms with Crippen molar-refractivity contribution in [1.29, 1.82) is 5.26 Å². The molecule has 1 aromatic carbocycles. The molecular weight excluding hydrogens is 484 g/mol. The van der Waals surface area contributed by atoms with E-state index >= 15 is 0 Å². The summed E-state index contributed by atoms with van der Waals surface area (Å²) in [7, 11) is 0. The van der Waals surface area contributed by atoms with Crippen LogP contribution in [0.5, 0.6) is 0 Å². The largest absolute Gasteiger partial charge is 0.368 e. The Kier molecular flexibility index (Phi) is 6.81. The number of Topliss-reactive ketones (excluding diaryl/α,β-unsaturated/α-hetero) is 1. The molecule has 3 N–H and O–H groups in total. The summed E-state index contributed by atoms with van der Waals surface area (Å²) in [5, 5.41) is 21.2. The Hall–Kier alpha value is -2.69. The summed E-state index contributed by atoms with van der Waals surface area (Å²) in [5.41, 5.74) is 1.71. The Labute approximate surface area is 223 Å². The van der Waals surface area contributed by atoms with Gasteiger partial charge in [0.15, 0.2) is 0 Å². The average Bonchev–Trinajstić information content (AvgIpc) is 2.90. The number of hydrogen-bond donors (Lipinski definition) is 3. The zero-order chi connectivity index (χ0) is 25.4. The van der Waals surface area contributed by atoms with Crippen LogP contribution in [0.2, 0.25) is 5.02 Å². The highest BCUT2D eigenvalue weighted by molar-refractivity contribution is 6.31. The molecule has 2 unspecified atom stereocenters. The van der Waals surface area contributed by atoms with Crippen LogP contribution >= 0.6 is 11.6 Å². The molecule has 194 valence electrons. The van der Waals surface area contributed by atoms with Gasteiger partial charge in [-0.1, -0.05) is 29.8 Å². The summed E-state index contributed by atoms with van der Waals surface area (Å²) < 4.78 is 0. The molecule has 5 saturated carbocycles. The summed E-state index contributed by atoms with van der Waals surface area (Å²) in [4.78, 5) is 20.7. The van der Waals surface area contributed by atoms with Gasteiger partial charge in [-0.2, -0.15) is 10.2 Å². The van der Waals surface area contributed by atoms with Crippen molar-refractivity contribution in [1.82, 2.24) is 15.3 Å². The van der Waals surface area contributed by atoms with Crippen molar-refractivity contribution in [3.8, 4) is 6.07 Å². The summed E-state index contributed by atoms with van der Waals surface area (Å²) in [6.45, 7) is 1.36. The van der Waals surface area contributed by atoms with Gasteiger partial charge in [-0.3, -0.25) is 4.79 Å². The molecule has 0 aliphatic heterocycles. The van der Waals surface area contributed by atoms with E-state index in [1.807, 2.05) is 24.3 Å². The number of ketones is 1. The third-order valence-electron chi connectivity index (χ3n) is 9.31. The van der Waals surface area contributed by atoms with E-state index in [-0.39, 0.29) is 5.41 Å². The zero-order valence-electron chi connectivity index (χ0n) is 21.2. The van der Waals surface area contributed by atoms with Crippen LogP contribution in [0.4, 0.5) is 11.8 Å². The summed E-state index contributed by atoms with van der Waals surface area (Å²) >= 11 is 6.29. The molecule has 8 heteroatoms. The first-order chi connectivity index (χ1) is 18.0. The van der Waals surface area contributed by atoms with Crippen molar-refractivity contribution >= 4 is 29.2 Å². The van der Waals surface area contributed by atoms with Crippen molar-refractivity contribution in [2.24, 2.45) is 23.2 Å². The third kappa shape index (κ3) is 5.19. The van der Waals surface area contributed by atoms with Crippen LogP contribution in [0.1, 0.15) is 68.9 Å². The highest BCUT2D eigenvalue weighted by Crippen LogP contribution is 2.60. The minimum absolute atomic E-state index is 0.264. The molecule has 5 fully saturated rings. The van der Waals surface area contributed by atoms with E-state index in [2.05, 4.69) is 32.0 Å². The molecule has 4 bridgehead atoms. The van der Waals surface area contributed by atoms with Crippen LogP contribution in [0.15, 0.2) is 30.5 Å². The summed E-state index contributed by atoms with van der Waals surface area (Å²) in [6.07, 6.45) is 11.5. The minimum Gasteiger partial charge on any atom is -0.368 e. The third-order valence-corrected chi connectivity index (χ3v) is 9.67. The highest BCUT2D eigenvalue weighted by atomic mass is 35.5. The van der Waals surface area contributed by atoms with Crippen molar-refractivity contribution in [2.75, 3.05) is 17.2 Å². The second-order valence-corrected chi connectivity index (χ2v) is 12.2. The molecular formula is C29H35ClN6O. The first kappa shape index (κ1) is 24.6. The molecule has 1 heterocycles. The van der Waals surface area contributed by atoms with E-state index in [0.717, 1.165) is 43.7 Å². The maximum atomic E-state index is 11.7. The van der Waals surface area contributed by atoms with Crippen LogP contribution in [0, 0.1) is 34.5 Å². The smallest absolute Gasteiger partial charge is 0.224 e. The fraction of sp³-hybridized carbons (Fsp3) is 0.586. The predicted octanol–water partition coefficient (Wildman–Crippen LogP) is 5.32. The number of rotatable bonds is 8. The number of halogens is 1. The van der Waals surface area contributed by atoms with Gasteiger partial charge in [0, 0.05) is 43.0 Å². The molecule has 5 atom stereocenters. The van der Waals surface area contributed by atoms with E-state index in [1.165, 1.54) is 32.1 Å². The predicted molar refractivity (Wildman–Crippen MR) is 144 cm³/mol. The topological polar surface area (TPSA) is 103 Å². The fourth-order valence-electron chi connectivity index (χ4n) is 7.83. The number of nitrogens with one attached hydrogen (secondary N) is 3. The van der Waals surface area contributed by atoms with Crippen molar-refractivity contribution < 1.29 is 4.79 Å². The number of aromatic nitrogens is 2. The van der Waals surface area contributed by atoms with Gasteiger partial charge in [0.2, 0.25) is 5.95 Å². The standard InChI is InChI=1S/C29H35ClN6O/c30-25-4-2-1-3-19(25)15-32-28-33-16-22(14-31)27(36-28)34-17-29-11-18-9-20(12-29)26(21(10-18)13-29)35-23-5-7-24(37)8-6-23/h1-4,16,18,20-21,23,26,35H,5-13,15,17H2,(H2,32,33,34,36)/t18?,20-,21+,26+,29?. The van der Waals surface area contributed by atoms with E-state index in [1.54, 1.807) is 6.20 Å². The first-order valence-electron chi connectivity index (χ1n) is 13.8. The monoisotopic (exact) mass is 518 g/mol.